The predicted molar refractivity (Wildman–Crippen MR) is 81.2 cm³/mol. The predicted octanol–water partition coefficient (Wildman–Crippen LogP) is 1.37. The largest absolute Gasteiger partial charge is 0.398 e. The number of nitrogens with two attached hydrogens (primary N) is 2. The summed E-state index contributed by atoms with van der Waals surface area (Å²) >= 11 is 0. The summed E-state index contributed by atoms with van der Waals surface area (Å²) in [5.41, 5.74) is 6.18. The Morgan fingerprint density at radius 2 is 1.76 bits per heavy atom. The minimum absolute atomic E-state index is 0.0917. The first-order valence-electron chi connectivity index (χ1n) is 7.11. The van der Waals surface area contributed by atoms with Crippen molar-refractivity contribution >= 4 is 21.6 Å². The van der Waals surface area contributed by atoms with E-state index in [1.807, 2.05) is 0 Å². The first-order chi connectivity index (χ1) is 9.88. The Bertz CT molecular complexity index is 620. The van der Waals surface area contributed by atoms with E-state index in [1.54, 1.807) is 0 Å². The normalized spacial score (nSPS) is 17.2. The SMILES string of the molecule is Nc1cc(S(N)(=O)=O)ccc1C(=O)NC1CCCCCC1. The standard InChI is InChI=1S/C14H21N3O3S/c15-13-9-11(21(16,19)20)7-8-12(13)14(18)17-10-5-3-1-2-4-6-10/h7-10H,1-6,15H2,(H,17,18)(H2,16,19,20). The van der Waals surface area contributed by atoms with E-state index in [0.717, 1.165) is 25.7 Å². The number of nitrogen functional groups attached to an aromatic ring is 1. The van der Waals surface area contributed by atoms with Gasteiger partial charge in [-0.05, 0) is 31.0 Å². The monoisotopic (exact) mass is 311 g/mol. The van der Waals surface area contributed by atoms with Crippen molar-refractivity contribution < 1.29 is 13.2 Å². The molecule has 1 aliphatic rings. The van der Waals surface area contributed by atoms with Crippen LogP contribution >= 0.6 is 0 Å². The van der Waals surface area contributed by atoms with Crippen LogP contribution in [-0.2, 0) is 10.0 Å². The van der Waals surface area contributed by atoms with Crippen LogP contribution < -0.4 is 16.2 Å². The van der Waals surface area contributed by atoms with Gasteiger partial charge in [-0.25, -0.2) is 13.6 Å². The number of hydrogen-bond donors (Lipinski definition) is 3. The Kier molecular flexibility index (Phi) is 4.84. The molecule has 1 aliphatic carbocycles. The van der Waals surface area contributed by atoms with Crippen LogP contribution in [-0.4, -0.2) is 20.4 Å². The van der Waals surface area contributed by atoms with Gasteiger partial charge in [0, 0.05) is 11.7 Å². The lowest BCUT2D eigenvalue weighted by molar-refractivity contribution is 0.0934. The van der Waals surface area contributed by atoms with Gasteiger partial charge in [0.05, 0.1) is 10.5 Å². The second-order valence-corrected chi connectivity index (χ2v) is 7.02. The number of hydrogen-bond acceptors (Lipinski definition) is 4. The molecule has 7 heteroatoms. The lowest BCUT2D eigenvalue weighted by Gasteiger charge is -2.17. The van der Waals surface area contributed by atoms with E-state index in [-0.39, 0.29) is 28.1 Å². The molecule has 1 aromatic carbocycles. The van der Waals surface area contributed by atoms with Crippen molar-refractivity contribution in [2.75, 3.05) is 5.73 Å². The summed E-state index contributed by atoms with van der Waals surface area (Å²) in [7, 11) is -3.81. The molecule has 0 saturated heterocycles. The number of carbonyl (C=O) groups is 1. The fourth-order valence-electron chi connectivity index (χ4n) is 2.61. The average Bonchev–Trinajstić information content (AvgIpc) is 2.66. The van der Waals surface area contributed by atoms with E-state index >= 15 is 0 Å². The van der Waals surface area contributed by atoms with Crippen molar-refractivity contribution in [1.29, 1.82) is 0 Å². The zero-order chi connectivity index (χ0) is 15.5. The molecular weight excluding hydrogens is 290 g/mol. The summed E-state index contributed by atoms with van der Waals surface area (Å²) in [5.74, 6) is -0.264. The van der Waals surface area contributed by atoms with Crippen LogP contribution in [0.2, 0.25) is 0 Å². The van der Waals surface area contributed by atoms with Crippen LogP contribution in [0.4, 0.5) is 5.69 Å². The van der Waals surface area contributed by atoms with Crippen molar-refractivity contribution in [3.63, 3.8) is 0 Å². The second kappa shape index (κ2) is 6.44. The van der Waals surface area contributed by atoms with Gasteiger partial charge >= 0.3 is 0 Å². The Hall–Kier alpha value is -1.60. The molecule has 1 aromatic rings. The van der Waals surface area contributed by atoms with E-state index in [9.17, 15) is 13.2 Å². The molecule has 2 rings (SSSR count). The number of sulfonamides is 1. The van der Waals surface area contributed by atoms with Crippen molar-refractivity contribution in [2.24, 2.45) is 5.14 Å². The topological polar surface area (TPSA) is 115 Å². The van der Waals surface area contributed by atoms with Crippen LogP contribution in [0.3, 0.4) is 0 Å². The zero-order valence-electron chi connectivity index (χ0n) is 11.8. The van der Waals surface area contributed by atoms with Crippen molar-refractivity contribution in [2.45, 2.75) is 49.5 Å². The zero-order valence-corrected chi connectivity index (χ0v) is 12.7. The van der Waals surface area contributed by atoms with E-state index < -0.39 is 10.0 Å². The molecule has 1 saturated carbocycles. The number of amides is 1. The number of nitrogens with one attached hydrogen (secondary N) is 1. The van der Waals surface area contributed by atoms with Crippen LogP contribution in [0.15, 0.2) is 23.1 Å². The number of anilines is 1. The van der Waals surface area contributed by atoms with Crippen molar-refractivity contribution in [1.82, 2.24) is 5.32 Å². The maximum absolute atomic E-state index is 12.2. The summed E-state index contributed by atoms with van der Waals surface area (Å²) in [4.78, 5) is 12.1. The number of rotatable bonds is 3. The van der Waals surface area contributed by atoms with Gasteiger partial charge in [0.1, 0.15) is 0 Å². The van der Waals surface area contributed by atoms with Crippen LogP contribution in [0, 0.1) is 0 Å². The highest BCUT2D eigenvalue weighted by atomic mass is 32.2. The van der Waals surface area contributed by atoms with Crippen molar-refractivity contribution in [3.8, 4) is 0 Å². The van der Waals surface area contributed by atoms with Gasteiger partial charge < -0.3 is 11.1 Å². The molecule has 0 aliphatic heterocycles. The van der Waals surface area contributed by atoms with Crippen LogP contribution in [0.5, 0.6) is 0 Å². The van der Waals surface area contributed by atoms with E-state index in [4.69, 9.17) is 10.9 Å². The third-order valence-corrected chi connectivity index (χ3v) is 4.70. The molecule has 0 heterocycles. The van der Waals surface area contributed by atoms with Gasteiger partial charge in [0.2, 0.25) is 10.0 Å². The fourth-order valence-corrected chi connectivity index (χ4v) is 3.16. The molecule has 0 atom stereocenters. The Labute approximate surface area is 124 Å². The first-order valence-corrected chi connectivity index (χ1v) is 8.66. The highest BCUT2D eigenvalue weighted by Gasteiger charge is 2.18. The molecule has 0 aromatic heterocycles. The molecule has 1 amide bonds. The number of carbonyl (C=O) groups excluding carboxylic acids is 1. The third kappa shape index (κ3) is 4.18. The fraction of sp³-hybridized carbons (Fsp3) is 0.500. The number of benzene rings is 1. The van der Waals surface area contributed by atoms with E-state index in [1.165, 1.54) is 31.0 Å². The van der Waals surface area contributed by atoms with Gasteiger partial charge in [-0.2, -0.15) is 0 Å². The molecule has 5 N–H and O–H groups in total. The summed E-state index contributed by atoms with van der Waals surface area (Å²) in [6.07, 6.45) is 6.59. The highest BCUT2D eigenvalue weighted by molar-refractivity contribution is 7.89. The minimum Gasteiger partial charge on any atom is -0.398 e. The molecule has 6 nitrogen and oxygen atoms in total. The molecule has 0 bridgehead atoms. The molecule has 116 valence electrons. The lowest BCUT2D eigenvalue weighted by Crippen LogP contribution is -2.34. The molecule has 1 fully saturated rings. The van der Waals surface area contributed by atoms with Gasteiger partial charge in [-0.15, -0.1) is 0 Å². The molecule has 0 radical (unpaired) electrons. The Balaban J connectivity index is 2.12. The van der Waals surface area contributed by atoms with Gasteiger partial charge in [0.25, 0.3) is 5.91 Å². The maximum Gasteiger partial charge on any atom is 0.253 e. The highest BCUT2D eigenvalue weighted by Crippen LogP contribution is 2.20. The Morgan fingerprint density at radius 1 is 1.14 bits per heavy atom. The summed E-state index contributed by atoms with van der Waals surface area (Å²) in [6.45, 7) is 0. The quantitative estimate of drug-likeness (QED) is 0.577. The van der Waals surface area contributed by atoms with E-state index in [2.05, 4.69) is 5.32 Å². The van der Waals surface area contributed by atoms with Gasteiger partial charge in [-0.1, -0.05) is 25.7 Å². The minimum atomic E-state index is -3.81. The second-order valence-electron chi connectivity index (χ2n) is 5.46. The number of primary sulfonamides is 1. The van der Waals surface area contributed by atoms with Crippen molar-refractivity contribution in [3.05, 3.63) is 23.8 Å². The molecule has 21 heavy (non-hydrogen) atoms. The summed E-state index contributed by atoms with van der Waals surface area (Å²) in [5, 5.41) is 8.01. The molecule has 0 spiro atoms. The smallest absolute Gasteiger partial charge is 0.253 e. The Morgan fingerprint density at radius 3 is 2.29 bits per heavy atom. The first kappa shape index (κ1) is 15.8. The van der Waals surface area contributed by atoms with E-state index in [0.29, 0.717) is 0 Å². The summed E-state index contributed by atoms with van der Waals surface area (Å²) in [6, 6.07) is 4.09. The van der Waals surface area contributed by atoms with Crippen LogP contribution in [0.1, 0.15) is 48.9 Å². The average molecular weight is 311 g/mol. The molecule has 0 unspecified atom stereocenters. The van der Waals surface area contributed by atoms with Crippen LogP contribution in [0.25, 0.3) is 0 Å². The van der Waals surface area contributed by atoms with Gasteiger partial charge in [-0.3, -0.25) is 4.79 Å². The lowest BCUT2D eigenvalue weighted by atomic mass is 10.1. The van der Waals surface area contributed by atoms with Gasteiger partial charge in [0.15, 0.2) is 0 Å². The maximum atomic E-state index is 12.2. The molecular formula is C14H21N3O3S. The third-order valence-electron chi connectivity index (χ3n) is 3.79. The summed E-state index contributed by atoms with van der Waals surface area (Å²) < 4.78 is 22.5.